The highest BCUT2D eigenvalue weighted by atomic mass is 16.3. The van der Waals surface area contributed by atoms with Crippen LogP contribution in [0.15, 0.2) is 106 Å². The zero-order valence-corrected chi connectivity index (χ0v) is 15.4. The van der Waals surface area contributed by atoms with Gasteiger partial charge in [-0.1, -0.05) is 66.7 Å². The predicted octanol–water partition coefficient (Wildman–Crippen LogP) is 5.08. The molecule has 4 nitrogen and oxygen atoms in total. The van der Waals surface area contributed by atoms with Crippen LogP contribution in [0.5, 0.6) is 0 Å². The second-order valence-corrected chi connectivity index (χ2v) is 6.44. The number of ketones is 2. The Labute approximate surface area is 166 Å². The lowest BCUT2D eigenvalue weighted by atomic mass is 9.95. The number of carbonyl (C=O) groups excluding carboxylic acids is 2. The van der Waals surface area contributed by atoms with Crippen molar-refractivity contribution in [3.05, 3.63) is 118 Å². The monoisotopic (exact) mass is 380 g/mol. The van der Waals surface area contributed by atoms with Crippen molar-refractivity contribution in [2.75, 3.05) is 0 Å². The Morgan fingerprint density at radius 2 is 1.14 bits per heavy atom. The predicted molar refractivity (Wildman–Crippen MR) is 112 cm³/mol. The van der Waals surface area contributed by atoms with Crippen molar-refractivity contribution in [1.82, 2.24) is 0 Å². The first-order valence-corrected chi connectivity index (χ1v) is 9.07. The van der Waals surface area contributed by atoms with E-state index in [0.717, 1.165) is 5.56 Å². The molecular formula is C25H16O4. The van der Waals surface area contributed by atoms with E-state index in [4.69, 9.17) is 4.42 Å². The molecule has 0 saturated heterocycles. The van der Waals surface area contributed by atoms with E-state index in [9.17, 15) is 14.4 Å². The van der Waals surface area contributed by atoms with E-state index in [2.05, 4.69) is 0 Å². The number of benzene rings is 3. The Morgan fingerprint density at radius 3 is 1.79 bits per heavy atom. The van der Waals surface area contributed by atoms with E-state index in [0.29, 0.717) is 27.9 Å². The molecule has 140 valence electrons. The Kier molecular flexibility index (Phi) is 4.99. The molecule has 0 fully saturated rings. The summed E-state index contributed by atoms with van der Waals surface area (Å²) in [6, 6.07) is 25.3. The lowest BCUT2D eigenvalue weighted by molar-refractivity contribution is 0.0994. The van der Waals surface area contributed by atoms with Gasteiger partial charge in [0.15, 0.2) is 17.0 Å². The topological polar surface area (TPSA) is 64.3 Å². The summed E-state index contributed by atoms with van der Waals surface area (Å²) in [7, 11) is 0. The van der Waals surface area contributed by atoms with Gasteiger partial charge in [0.05, 0.1) is 5.39 Å². The van der Waals surface area contributed by atoms with Crippen LogP contribution in [0.25, 0.3) is 22.3 Å². The highest BCUT2D eigenvalue weighted by Crippen LogP contribution is 2.21. The minimum Gasteiger partial charge on any atom is -0.456 e. The molecule has 4 aromatic rings. The molecule has 0 aliphatic heterocycles. The highest BCUT2D eigenvalue weighted by Gasteiger charge is 2.17. The van der Waals surface area contributed by atoms with Crippen molar-refractivity contribution >= 4 is 22.5 Å². The van der Waals surface area contributed by atoms with E-state index < -0.39 is 0 Å². The number of para-hydroxylation sites is 1. The molecule has 5 rings (SSSR count). The van der Waals surface area contributed by atoms with Gasteiger partial charge in [-0.3, -0.25) is 14.4 Å². The van der Waals surface area contributed by atoms with Gasteiger partial charge in [-0.05, 0) is 24.3 Å². The van der Waals surface area contributed by atoms with Gasteiger partial charge in [0.2, 0.25) is 0 Å². The third-order valence-corrected chi connectivity index (χ3v) is 4.54. The van der Waals surface area contributed by atoms with Crippen molar-refractivity contribution in [1.29, 1.82) is 0 Å². The fourth-order valence-corrected chi connectivity index (χ4v) is 3.09. The summed E-state index contributed by atoms with van der Waals surface area (Å²) in [6.45, 7) is 0. The van der Waals surface area contributed by atoms with E-state index in [1.807, 2.05) is 48.5 Å². The summed E-state index contributed by atoms with van der Waals surface area (Å²) in [5.41, 5.74) is 2.54. The second-order valence-electron chi connectivity index (χ2n) is 6.44. The molecule has 0 radical (unpaired) electrons. The Balaban J connectivity index is 0.000000150. The van der Waals surface area contributed by atoms with Crippen LogP contribution < -0.4 is 5.43 Å². The van der Waals surface area contributed by atoms with Crippen molar-refractivity contribution in [2.24, 2.45) is 0 Å². The van der Waals surface area contributed by atoms with Crippen LogP contribution in [-0.4, -0.2) is 11.6 Å². The molecule has 1 aromatic heterocycles. The van der Waals surface area contributed by atoms with Crippen LogP contribution in [0.2, 0.25) is 0 Å². The van der Waals surface area contributed by atoms with Gasteiger partial charge in [-0.15, -0.1) is 0 Å². The van der Waals surface area contributed by atoms with Gasteiger partial charge in [0.25, 0.3) is 0 Å². The molecule has 0 bridgehead atoms. The summed E-state index contributed by atoms with van der Waals surface area (Å²) in [5, 5.41) is 0.618. The zero-order chi connectivity index (χ0) is 20.2. The number of rotatable bonds is 1. The van der Waals surface area contributed by atoms with Gasteiger partial charge >= 0.3 is 0 Å². The molecule has 1 aliphatic rings. The van der Waals surface area contributed by atoms with Gasteiger partial charge < -0.3 is 4.42 Å². The largest absolute Gasteiger partial charge is 0.456 e. The Hall–Kier alpha value is -4.05. The lowest BCUT2D eigenvalue weighted by Crippen LogP contribution is -2.10. The quantitative estimate of drug-likeness (QED) is 0.462. The number of allylic oxidation sites excluding steroid dienone is 2. The first-order chi connectivity index (χ1) is 14.1. The molecule has 29 heavy (non-hydrogen) atoms. The van der Waals surface area contributed by atoms with E-state index in [1.165, 1.54) is 18.2 Å². The summed E-state index contributed by atoms with van der Waals surface area (Å²) in [5.74, 6) is 0.421. The van der Waals surface area contributed by atoms with E-state index in [1.54, 1.807) is 30.3 Å². The van der Waals surface area contributed by atoms with Crippen LogP contribution in [-0.2, 0) is 0 Å². The average molecular weight is 380 g/mol. The summed E-state index contributed by atoms with van der Waals surface area (Å²) < 4.78 is 5.73. The lowest BCUT2D eigenvalue weighted by Gasteiger charge is -2.06. The minimum atomic E-state index is -0.0924. The molecule has 0 atom stereocenters. The highest BCUT2D eigenvalue weighted by molar-refractivity contribution is 6.21. The molecule has 1 aliphatic carbocycles. The van der Waals surface area contributed by atoms with Crippen LogP contribution in [0.3, 0.4) is 0 Å². The molecule has 3 aromatic carbocycles. The molecule has 0 spiro atoms. The maximum absolute atomic E-state index is 11.9. The van der Waals surface area contributed by atoms with Crippen molar-refractivity contribution in [3.8, 4) is 11.3 Å². The molecule has 1 heterocycles. The normalized spacial score (nSPS) is 12.3. The molecule has 0 N–H and O–H groups in total. The summed E-state index contributed by atoms with van der Waals surface area (Å²) >= 11 is 0. The van der Waals surface area contributed by atoms with Crippen molar-refractivity contribution < 1.29 is 14.0 Å². The maximum Gasteiger partial charge on any atom is 0.193 e. The Morgan fingerprint density at radius 1 is 0.586 bits per heavy atom. The van der Waals surface area contributed by atoms with Crippen LogP contribution in [0, 0.1) is 0 Å². The first kappa shape index (κ1) is 18.3. The molecule has 0 amide bonds. The second kappa shape index (κ2) is 7.90. The van der Waals surface area contributed by atoms with Gasteiger partial charge in [-0.25, -0.2) is 0 Å². The fourth-order valence-electron chi connectivity index (χ4n) is 3.09. The fraction of sp³-hybridized carbons (Fsp3) is 0. The molecular weight excluding hydrogens is 364 g/mol. The first-order valence-electron chi connectivity index (χ1n) is 9.07. The van der Waals surface area contributed by atoms with Crippen molar-refractivity contribution in [3.63, 3.8) is 0 Å². The van der Waals surface area contributed by atoms with E-state index >= 15 is 0 Å². The van der Waals surface area contributed by atoms with Gasteiger partial charge in [0.1, 0.15) is 11.3 Å². The minimum absolute atomic E-state index is 0.00861. The van der Waals surface area contributed by atoms with E-state index in [-0.39, 0.29) is 17.0 Å². The standard InChI is InChI=1S/C15H10O2.C10H6O2/c16-13-10-15(11-6-2-1-3-7-11)17-14-9-5-4-8-12(13)14;11-9-5-6-10(12)8-4-2-1-3-7(8)9/h1-10H;1-6H. The maximum atomic E-state index is 11.9. The molecule has 0 unspecified atom stereocenters. The number of hydrogen-bond acceptors (Lipinski definition) is 4. The average Bonchev–Trinajstić information content (AvgIpc) is 2.78. The zero-order valence-electron chi connectivity index (χ0n) is 15.4. The third-order valence-electron chi connectivity index (χ3n) is 4.54. The number of hydrogen-bond donors (Lipinski definition) is 0. The van der Waals surface area contributed by atoms with Crippen LogP contribution in [0.4, 0.5) is 0 Å². The van der Waals surface area contributed by atoms with Crippen molar-refractivity contribution in [2.45, 2.75) is 0 Å². The summed E-state index contributed by atoms with van der Waals surface area (Å²) in [4.78, 5) is 34.3. The summed E-state index contributed by atoms with van der Waals surface area (Å²) in [6.07, 6.45) is 2.62. The Bertz CT molecular complexity index is 1260. The van der Waals surface area contributed by atoms with Gasteiger partial charge in [0, 0.05) is 22.8 Å². The van der Waals surface area contributed by atoms with Crippen LogP contribution in [0.1, 0.15) is 20.7 Å². The third kappa shape index (κ3) is 3.82. The van der Waals surface area contributed by atoms with Gasteiger partial charge in [-0.2, -0.15) is 0 Å². The molecule has 4 heteroatoms. The smallest absolute Gasteiger partial charge is 0.193 e. The number of carbonyl (C=O) groups is 2. The molecule has 0 saturated carbocycles. The van der Waals surface area contributed by atoms with Crippen LogP contribution >= 0.6 is 0 Å². The number of fused-ring (bicyclic) bond motifs is 2. The SMILES string of the molecule is O=C1C=CC(=O)c2ccccc21.O=c1cc(-c2ccccc2)oc2ccccc12.